The Kier molecular flexibility index (Phi) is 3.81. The van der Waals surface area contributed by atoms with Crippen molar-refractivity contribution in [3.8, 4) is 0 Å². The van der Waals surface area contributed by atoms with Crippen LogP contribution in [0.15, 0.2) is 57.9 Å². The van der Waals surface area contributed by atoms with Crippen LogP contribution < -0.4 is 5.43 Å². The number of carboxylic acid groups (broad SMARTS) is 1. The van der Waals surface area contributed by atoms with E-state index in [0.29, 0.717) is 10.9 Å². The Balaban J connectivity index is 2.12. The maximum atomic E-state index is 12.2. The molecule has 3 aromatic rings. The van der Waals surface area contributed by atoms with E-state index in [1.54, 1.807) is 6.07 Å². The van der Waals surface area contributed by atoms with Crippen molar-refractivity contribution in [1.82, 2.24) is 4.98 Å². The summed E-state index contributed by atoms with van der Waals surface area (Å²) in [6.45, 7) is 0. The molecule has 22 heavy (non-hydrogen) atoms. The highest BCUT2D eigenvalue weighted by molar-refractivity contribution is 9.10. The molecule has 5 heteroatoms. The predicted octanol–water partition coefficient (Wildman–Crippen LogP) is 3.58. The maximum Gasteiger partial charge on any atom is 0.341 e. The molecule has 0 amide bonds. The summed E-state index contributed by atoms with van der Waals surface area (Å²) in [7, 11) is 0. The number of hydrogen-bond acceptors (Lipinski definition) is 2. The third-order valence-electron chi connectivity index (χ3n) is 3.52. The summed E-state index contributed by atoms with van der Waals surface area (Å²) in [5.41, 5.74) is 2.08. The second kappa shape index (κ2) is 5.77. The average Bonchev–Trinajstić information content (AvgIpc) is 2.50. The lowest BCUT2D eigenvalue weighted by Gasteiger charge is -2.08. The zero-order valence-corrected chi connectivity index (χ0v) is 13.1. The second-order valence-electron chi connectivity index (χ2n) is 4.99. The van der Waals surface area contributed by atoms with Gasteiger partial charge in [-0.05, 0) is 29.7 Å². The van der Waals surface area contributed by atoms with Crippen LogP contribution in [-0.4, -0.2) is 16.1 Å². The van der Waals surface area contributed by atoms with Gasteiger partial charge in [0.15, 0.2) is 0 Å². The highest BCUT2D eigenvalue weighted by Crippen LogP contribution is 2.24. The zero-order valence-electron chi connectivity index (χ0n) is 11.5. The Morgan fingerprint density at radius 2 is 1.91 bits per heavy atom. The average molecular weight is 358 g/mol. The highest BCUT2D eigenvalue weighted by atomic mass is 79.9. The van der Waals surface area contributed by atoms with E-state index in [2.05, 4.69) is 20.9 Å². The molecule has 2 aromatic carbocycles. The minimum Gasteiger partial charge on any atom is -0.477 e. The molecule has 0 aliphatic rings. The van der Waals surface area contributed by atoms with Crippen molar-refractivity contribution < 1.29 is 9.90 Å². The fourth-order valence-corrected chi connectivity index (χ4v) is 2.88. The van der Waals surface area contributed by atoms with Gasteiger partial charge in [0.25, 0.3) is 0 Å². The number of benzene rings is 2. The van der Waals surface area contributed by atoms with E-state index < -0.39 is 11.4 Å². The Morgan fingerprint density at radius 3 is 2.59 bits per heavy atom. The second-order valence-corrected chi connectivity index (χ2v) is 5.84. The molecule has 0 aliphatic heterocycles. The van der Waals surface area contributed by atoms with Crippen molar-refractivity contribution in [2.75, 3.05) is 0 Å². The molecule has 110 valence electrons. The predicted molar refractivity (Wildman–Crippen MR) is 88.5 cm³/mol. The molecule has 0 unspecified atom stereocenters. The van der Waals surface area contributed by atoms with E-state index in [-0.39, 0.29) is 5.56 Å². The van der Waals surface area contributed by atoms with Gasteiger partial charge in [-0.3, -0.25) is 4.79 Å². The number of carboxylic acids is 1. The van der Waals surface area contributed by atoms with E-state index in [0.717, 1.165) is 22.0 Å². The lowest BCUT2D eigenvalue weighted by molar-refractivity contribution is 0.0695. The van der Waals surface area contributed by atoms with Crippen LogP contribution in [0.4, 0.5) is 0 Å². The molecule has 0 saturated heterocycles. The van der Waals surface area contributed by atoms with Crippen LogP contribution >= 0.6 is 15.9 Å². The number of aromatic nitrogens is 1. The molecule has 4 nitrogen and oxygen atoms in total. The number of H-pyrrole nitrogens is 1. The molecule has 1 heterocycles. The van der Waals surface area contributed by atoms with E-state index in [1.165, 1.54) is 6.20 Å². The van der Waals surface area contributed by atoms with E-state index in [4.69, 9.17) is 5.11 Å². The van der Waals surface area contributed by atoms with Crippen LogP contribution in [0.1, 0.15) is 21.5 Å². The fourth-order valence-electron chi connectivity index (χ4n) is 2.40. The normalized spacial score (nSPS) is 10.8. The summed E-state index contributed by atoms with van der Waals surface area (Å²) >= 11 is 3.47. The Morgan fingerprint density at radius 1 is 1.18 bits per heavy atom. The number of aromatic carboxylic acids is 1. The first-order valence-corrected chi connectivity index (χ1v) is 7.46. The number of nitrogens with one attached hydrogen (secondary N) is 1. The van der Waals surface area contributed by atoms with Gasteiger partial charge in [0.1, 0.15) is 5.56 Å². The number of rotatable bonds is 3. The molecular weight excluding hydrogens is 346 g/mol. The number of halogens is 1. The SMILES string of the molecule is O=C(O)c1c[nH]c2cc(Cc3ccccc3)c(Br)cc2c1=O. The third-order valence-corrected chi connectivity index (χ3v) is 4.25. The van der Waals surface area contributed by atoms with E-state index in [1.807, 2.05) is 36.4 Å². The lowest BCUT2D eigenvalue weighted by atomic mass is 10.0. The van der Waals surface area contributed by atoms with Crippen molar-refractivity contribution in [3.05, 3.63) is 80.0 Å². The fraction of sp³-hybridized carbons (Fsp3) is 0.0588. The monoisotopic (exact) mass is 357 g/mol. The van der Waals surface area contributed by atoms with Crippen molar-refractivity contribution in [3.63, 3.8) is 0 Å². The summed E-state index contributed by atoms with van der Waals surface area (Å²) in [5.74, 6) is -1.23. The summed E-state index contributed by atoms with van der Waals surface area (Å²) in [5, 5.41) is 9.38. The first kappa shape index (κ1) is 14.5. The molecule has 0 fully saturated rings. The van der Waals surface area contributed by atoms with E-state index in [9.17, 15) is 9.59 Å². The summed E-state index contributed by atoms with van der Waals surface area (Å²) in [4.78, 5) is 26.1. The summed E-state index contributed by atoms with van der Waals surface area (Å²) in [6.07, 6.45) is 1.97. The quantitative estimate of drug-likeness (QED) is 0.752. The van der Waals surface area contributed by atoms with Gasteiger partial charge in [-0.25, -0.2) is 4.79 Å². The van der Waals surface area contributed by atoms with E-state index >= 15 is 0 Å². The molecule has 0 bridgehead atoms. The summed E-state index contributed by atoms with van der Waals surface area (Å²) < 4.78 is 0.789. The molecule has 2 N–H and O–H groups in total. The van der Waals surface area contributed by atoms with Crippen LogP contribution in [0.3, 0.4) is 0 Å². The van der Waals surface area contributed by atoms with Crippen LogP contribution in [0, 0.1) is 0 Å². The molecule has 3 rings (SSSR count). The van der Waals surface area contributed by atoms with Crippen LogP contribution in [0.2, 0.25) is 0 Å². The first-order chi connectivity index (χ1) is 10.6. The Bertz CT molecular complexity index is 916. The molecule has 1 aromatic heterocycles. The van der Waals surface area contributed by atoms with Gasteiger partial charge in [0, 0.05) is 21.6 Å². The van der Waals surface area contributed by atoms with Crippen LogP contribution in [-0.2, 0) is 6.42 Å². The Labute approximate surface area is 134 Å². The molecule has 0 aliphatic carbocycles. The first-order valence-electron chi connectivity index (χ1n) is 6.67. The topological polar surface area (TPSA) is 70.2 Å². The van der Waals surface area contributed by atoms with Crippen molar-refractivity contribution in [2.45, 2.75) is 6.42 Å². The van der Waals surface area contributed by atoms with Crippen molar-refractivity contribution >= 4 is 32.8 Å². The van der Waals surface area contributed by atoms with Gasteiger partial charge in [-0.15, -0.1) is 0 Å². The molecular formula is C17H12BrNO3. The molecule has 0 atom stereocenters. The molecule has 0 saturated carbocycles. The lowest BCUT2D eigenvalue weighted by Crippen LogP contribution is -2.15. The largest absolute Gasteiger partial charge is 0.477 e. The minimum absolute atomic E-state index is 0.254. The Hall–Kier alpha value is -2.40. The smallest absolute Gasteiger partial charge is 0.341 e. The number of carbonyl (C=O) groups is 1. The number of pyridine rings is 1. The van der Waals surface area contributed by atoms with Gasteiger partial charge >= 0.3 is 5.97 Å². The highest BCUT2D eigenvalue weighted by Gasteiger charge is 2.13. The summed E-state index contributed by atoms with van der Waals surface area (Å²) in [6, 6.07) is 13.5. The van der Waals surface area contributed by atoms with Crippen molar-refractivity contribution in [1.29, 1.82) is 0 Å². The van der Waals surface area contributed by atoms with Crippen molar-refractivity contribution in [2.24, 2.45) is 0 Å². The van der Waals surface area contributed by atoms with Crippen LogP contribution in [0.25, 0.3) is 10.9 Å². The number of fused-ring (bicyclic) bond motifs is 1. The van der Waals surface area contributed by atoms with Gasteiger partial charge < -0.3 is 10.1 Å². The van der Waals surface area contributed by atoms with Gasteiger partial charge in [0.2, 0.25) is 5.43 Å². The van der Waals surface area contributed by atoms with Gasteiger partial charge in [-0.1, -0.05) is 46.3 Å². The number of hydrogen-bond donors (Lipinski definition) is 2. The zero-order chi connectivity index (χ0) is 15.7. The third kappa shape index (κ3) is 2.67. The number of aromatic amines is 1. The molecule has 0 radical (unpaired) electrons. The molecule has 0 spiro atoms. The van der Waals surface area contributed by atoms with Gasteiger partial charge in [0.05, 0.1) is 0 Å². The standard InChI is InChI=1S/C17H12BrNO3/c18-14-8-12-15(19-9-13(16(12)20)17(21)22)7-11(14)6-10-4-2-1-3-5-10/h1-5,7-9H,6H2,(H,19,20)(H,21,22). The maximum absolute atomic E-state index is 12.2. The van der Waals surface area contributed by atoms with Gasteiger partial charge in [-0.2, -0.15) is 0 Å². The van der Waals surface area contributed by atoms with Crippen LogP contribution in [0.5, 0.6) is 0 Å². The minimum atomic E-state index is -1.23.